The molecule has 0 radical (unpaired) electrons. The minimum atomic E-state index is 0.00214. The molecule has 1 fully saturated rings. The van der Waals surface area contributed by atoms with E-state index < -0.39 is 0 Å². The van der Waals surface area contributed by atoms with E-state index in [-0.39, 0.29) is 11.8 Å². The zero-order chi connectivity index (χ0) is 20.8. The van der Waals surface area contributed by atoms with Crippen LogP contribution < -0.4 is 10.1 Å². The lowest BCUT2D eigenvalue weighted by Crippen LogP contribution is -2.37. The molecule has 1 amide bonds. The molecular weight excluding hydrogens is 400 g/mol. The number of hydrogen-bond acceptors (Lipinski definition) is 7. The summed E-state index contributed by atoms with van der Waals surface area (Å²) in [4.78, 5) is 20.3. The topological polar surface area (TPSA) is 80.5 Å². The average molecular weight is 425 g/mol. The summed E-state index contributed by atoms with van der Waals surface area (Å²) in [5.74, 6) is 2.06. The van der Waals surface area contributed by atoms with Crippen LogP contribution in [0.15, 0.2) is 59.0 Å². The van der Waals surface area contributed by atoms with Gasteiger partial charge in [0.15, 0.2) is 0 Å². The van der Waals surface area contributed by atoms with E-state index in [4.69, 9.17) is 9.26 Å². The van der Waals surface area contributed by atoms with Crippen molar-refractivity contribution < 1.29 is 14.1 Å². The van der Waals surface area contributed by atoms with E-state index in [0.717, 1.165) is 42.2 Å². The third-order valence-electron chi connectivity index (χ3n) is 5.02. The lowest BCUT2D eigenvalue weighted by atomic mass is 9.96. The van der Waals surface area contributed by atoms with Gasteiger partial charge in [-0.15, -0.1) is 11.3 Å². The summed E-state index contributed by atoms with van der Waals surface area (Å²) >= 11 is 1.59. The molecule has 1 aromatic carbocycles. The first-order valence-corrected chi connectivity index (χ1v) is 10.8. The number of rotatable bonds is 8. The van der Waals surface area contributed by atoms with Crippen molar-refractivity contribution in [3.8, 4) is 16.5 Å². The lowest BCUT2D eigenvalue weighted by molar-refractivity contribution is -0.121. The van der Waals surface area contributed by atoms with Crippen LogP contribution in [0.3, 0.4) is 0 Å². The van der Waals surface area contributed by atoms with Crippen LogP contribution in [0.25, 0.3) is 10.7 Å². The van der Waals surface area contributed by atoms with E-state index in [9.17, 15) is 4.79 Å². The Bertz CT molecular complexity index is 961. The highest BCUT2D eigenvalue weighted by molar-refractivity contribution is 7.13. The third kappa shape index (κ3) is 5.14. The van der Waals surface area contributed by atoms with Gasteiger partial charge in [0, 0.05) is 11.6 Å². The zero-order valence-corrected chi connectivity index (χ0v) is 17.4. The van der Waals surface area contributed by atoms with Crippen molar-refractivity contribution in [2.24, 2.45) is 5.92 Å². The van der Waals surface area contributed by atoms with E-state index in [0.29, 0.717) is 24.9 Å². The summed E-state index contributed by atoms with van der Waals surface area (Å²) in [6.07, 6.45) is 3.31. The average Bonchev–Trinajstić information content (AvgIpc) is 3.46. The number of nitrogens with zero attached hydrogens (tertiary/aromatic N) is 3. The van der Waals surface area contributed by atoms with Gasteiger partial charge in [-0.05, 0) is 61.6 Å². The Morgan fingerprint density at radius 3 is 2.80 bits per heavy atom. The molecule has 8 heteroatoms. The van der Waals surface area contributed by atoms with Gasteiger partial charge in [0.1, 0.15) is 12.4 Å². The second-order valence-corrected chi connectivity index (χ2v) is 8.10. The van der Waals surface area contributed by atoms with Crippen LogP contribution in [-0.4, -0.2) is 40.6 Å². The highest BCUT2D eigenvalue weighted by Gasteiger charge is 2.26. The first-order chi connectivity index (χ1) is 14.7. The first kappa shape index (κ1) is 20.3. The minimum Gasteiger partial charge on any atom is -0.490 e. The third-order valence-corrected chi connectivity index (χ3v) is 5.88. The summed E-state index contributed by atoms with van der Waals surface area (Å²) in [5.41, 5.74) is 0.778. The van der Waals surface area contributed by atoms with Crippen LogP contribution in [-0.2, 0) is 11.3 Å². The predicted molar refractivity (Wildman–Crippen MR) is 116 cm³/mol. The maximum Gasteiger partial charge on any atom is 0.241 e. The van der Waals surface area contributed by atoms with Crippen LogP contribution in [0.4, 0.5) is 5.69 Å². The van der Waals surface area contributed by atoms with Crippen molar-refractivity contribution in [1.29, 1.82) is 0 Å². The smallest absolute Gasteiger partial charge is 0.241 e. The fraction of sp³-hybridized carbons (Fsp3) is 0.318. The Kier molecular flexibility index (Phi) is 6.56. The number of amides is 1. The van der Waals surface area contributed by atoms with Crippen molar-refractivity contribution in [2.75, 3.05) is 25.0 Å². The molecule has 1 aliphatic rings. The highest BCUT2D eigenvalue weighted by atomic mass is 32.1. The number of aromatic nitrogens is 2. The van der Waals surface area contributed by atoms with E-state index in [1.54, 1.807) is 17.4 Å². The Hall–Kier alpha value is -2.97. The second-order valence-electron chi connectivity index (χ2n) is 7.15. The molecule has 0 bridgehead atoms. The number of ether oxygens (including phenoxy) is 1. The molecule has 1 aliphatic heterocycles. The van der Waals surface area contributed by atoms with Gasteiger partial charge in [-0.2, -0.15) is 4.98 Å². The Labute approximate surface area is 179 Å². The maximum atomic E-state index is 12.6. The summed E-state index contributed by atoms with van der Waals surface area (Å²) in [5, 5.41) is 9.05. The SMILES string of the molecule is C=CCOc1ccc(NC(=O)C2CCN(Cc3nc(-c4cccs4)no3)CC2)cc1. The van der Waals surface area contributed by atoms with Gasteiger partial charge in [-0.3, -0.25) is 9.69 Å². The Balaban J connectivity index is 1.24. The van der Waals surface area contributed by atoms with E-state index in [2.05, 4.69) is 26.9 Å². The highest BCUT2D eigenvalue weighted by Crippen LogP contribution is 2.24. The number of hydrogen-bond donors (Lipinski definition) is 1. The van der Waals surface area contributed by atoms with Gasteiger partial charge >= 0.3 is 0 Å². The fourth-order valence-corrected chi connectivity index (χ4v) is 4.05. The number of carbonyl (C=O) groups excluding carboxylic acids is 1. The minimum absolute atomic E-state index is 0.00214. The molecule has 0 atom stereocenters. The molecule has 1 saturated heterocycles. The molecule has 2 aromatic heterocycles. The van der Waals surface area contributed by atoms with Crippen molar-refractivity contribution in [3.63, 3.8) is 0 Å². The van der Waals surface area contributed by atoms with Gasteiger partial charge in [0.05, 0.1) is 11.4 Å². The monoisotopic (exact) mass is 424 g/mol. The summed E-state index contributed by atoms with van der Waals surface area (Å²) in [6, 6.07) is 11.3. The quantitative estimate of drug-likeness (QED) is 0.546. The van der Waals surface area contributed by atoms with Crippen molar-refractivity contribution >= 4 is 22.9 Å². The number of piperidine rings is 1. The Morgan fingerprint density at radius 1 is 1.30 bits per heavy atom. The molecule has 0 saturated carbocycles. The summed E-state index contributed by atoms with van der Waals surface area (Å²) < 4.78 is 10.8. The number of likely N-dealkylation sites (tertiary alicyclic amines) is 1. The molecule has 0 aliphatic carbocycles. The van der Waals surface area contributed by atoms with E-state index >= 15 is 0 Å². The number of anilines is 1. The van der Waals surface area contributed by atoms with Crippen molar-refractivity contribution in [1.82, 2.24) is 15.0 Å². The zero-order valence-electron chi connectivity index (χ0n) is 16.6. The predicted octanol–water partition coefficient (Wildman–Crippen LogP) is 4.21. The summed E-state index contributed by atoms with van der Waals surface area (Å²) in [6.45, 7) is 6.34. The van der Waals surface area contributed by atoms with Gasteiger partial charge in [-0.1, -0.05) is 23.9 Å². The van der Waals surface area contributed by atoms with Crippen molar-refractivity contribution in [2.45, 2.75) is 19.4 Å². The van der Waals surface area contributed by atoms with Gasteiger partial charge in [0.2, 0.25) is 17.6 Å². The molecule has 3 aromatic rings. The van der Waals surface area contributed by atoms with E-state index in [1.807, 2.05) is 41.8 Å². The van der Waals surface area contributed by atoms with Gasteiger partial charge < -0.3 is 14.6 Å². The molecule has 4 rings (SSSR count). The molecule has 1 N–H and O–H groups in total. The molecule has 3 heterocycles. The molecule has 7 nitrogen and oxygen atoms in total. The van der Waals surface area contributed by atoms with Gasteiger partial charge in [-0.25, -0.2) is 0 Å². The Morgan fingerprint density at radius 2 is 2.10 bits per heavy atom. The number of nitrogens with one attached hydrogen (secondary N) is 1. The normalized spacial score (nSPS) is 15.1. The first-order valence-electron chi connectivity index (χ1n) is 9.94. The van der Waals surface area contributed by atoms with Crippen LogP contribution in [0.1, 0.15) is 18.7 Å². The lowest BCUT2D eigenvalue weighted by Gasteiger charge is -2.30. The second kappa shape index (κ2) is 9.69. The van der Waals surface area contributed by atoms with E-state index in [1.165, 1.54) is 0 Å². The van der Waals surface area contributed by atoms with Gasteiger partial charge in [0.25, 0.3) is 0 Å². The van der Waals surface area contributed by atoms with Crippen molar-refractivity contribution in [3.05, 3.63) is 60.3 Å². The van der Waals surface area contributed by atoms with Crippen LogP contribution in [0, 0.1) is 5.92 Å². The number of thiophene rings is 1. The standard InChI is InChI=1S/C22H24N4O3S/c1-2-13-28-18-7-5-17(6-8-18)23-22(27)16-9-11-26(12-10-16)15-20-24-21(25-29-20)19-4-3-14-30-19/h2-8,14,16H,1,9-13,15H2,(H,23,27). The molecule has 156 valence electrons. The summed E-state index contributed by atoms with van der Waals surface area (Å²) in [7, 11) is 0. The van der Waals surface area contributed by atoms with Crippen LogP contribution in [0.5, 0.6) is 5.75 Å². The molecular formula is C22H24N4O3S. The van der Waals surface area contributed by atoms with Crippen LogP contribution >= 0.6 is 11.3 Å². The molecule has 30 heavy (non-hydrogen) atoms. The largest absolute Gasteiger partial charge is 0.490 e. The fourth-order valence-electron chi connectivity index (χ4n) is 3.40. The van der Waals surface area contributed by atoms with Crippen LogP contribution in [0.2, 0.25) is 0 Å². The number of carbonyl (C=O) groups is 1. The number of benzene rings is 1. The molecule has 0 unspecified atom stereocenters. The molecule has 0 spiro atoms. The maximum absolute atomic E-state index is 12.6.